The molecule has 4 heteroatoms. The van der Waals surface area contributed by atoms with E-state index in [1.807, 2.05) is 13.8 Å². The topological polar surface area (TPSA) is 58.2 Å². The van der Waals surface area contributed by atoms with Crippen molar-refractivity contribution < 1.29 is 9.59 Å². The molecule has 0 aromatic carbocycles. The Balaban J connectivity index is 2.38. The molecule has 0 bridgehead atoms. The van der Waals surface area contributed by atoms with Crippen LogP contribution in [0.3, 0.4) is 0 Å². The average Bonchev–Trinajstić information content (AvgIpc) is 2.34. The summed E-state index contributed by atoms with van der Waals surface area (Å²) in [6, 6.07) is -0.536. The SMILES string of the molecule is [CH]C(=O)NC(C(=O)NCC1CCCCC1)C(C)C. The molecule has 0 spiro atoms. The number of amides is 2. The minimum Gasteiger partial charge on any atom is -0.354 e. The minimum absolute atomic E-state index is 0.0313. The first kappa shape index (κ1) is 15.0. The van der Waals surface area contributed by atoms with E-state index in [0.29, 0.717) is 12.5 Å². The van der Waals surface area contributed by atoms with Gasteiger partial charge in [-0.1, -0.05) is 33.1 Å². The number of carbonyl (C=O) groups is 2. The van der Waals surface area contributed by atoms with Gasteiger partial charge in [0.2, 0.25) is 11.8 Å². The van der Waals surface area contributed by atoms with Crippen molar-refractivity contribution in [2.75, 3.05) is 6.54 Å². The lowest BCUT2D eigenvalue weighted by molar-refractivity contribution is -0.128. The lowest BCUT2D eigenvalue weighted by Gasteiger charge is -2.25. The second-order valence-corrected chi connectivity index (χ2v) is 5.48. The highest BCUT2D eigenvalue weighted by atomic mass is 16.2. The fourth-order valence-corrected chi connectivity index (χ4v) is 2.43. The molecule has 1 aliphatic carbocycles. The van der Waals surface area contributed by atoms with Gasteiger partial charge in [0.15, 0.2) is 0 Å². The van der Waals surface area contributed by atoms with E-state index in [9.17, 15) is 9.59 Å². The largest absolute Gasteiger partial charge is 0.354 e. The molecule has 1 atom stereocenters. The summed E-state index contributed by atoms with van der Waals surface area (Å²) in [5.41, 5.74) is 0. The molecule has 1 saturated carbocycles. The van der Waals surface area contributed by atoms with Crippen molar-refractivity contribution in [3.63, 3.8) is 0 Å². The highest BCUT2D eigenvalue weighted by Crippen LogP contribution is 2.22. The van der Waals surface area contributed by atoms with Gasteiger partial charge in [-0.2, -0.15) is 0 Å². The molecule has 1 fully saturated rings. The van der Waals surface area contributed by atoms with Crippen molar-refractivity contribution in [1.29, 1.82) is 0 Å². The second kappa shape index (κ2) is 7.39. The molecule has 1 unspecified atom stereocenters. The molecule has 2 N–H and O–H groups in total. The summed E-state index contributed by atoms with van der Waals surface area (Å²) in [6.07, 6.45) is 6.20. The fourth-order valence-electron chi connectivity index (χ4n) is 2.43. The maximum atomic E-state index is 12.0. The highest BCUT2D eigenvalue weighted by Gasteiger charge is 2.23. The second-order valence-electron chi connectivity index (χ2n) is 5.48. The van der Waals surface area contributed by atoms with Gasteiger partial charge in [-0.05, 0) is 24.7 Å². The zero-order chi connectivity index (χ0) is 13.5. The van der Waals surface area contributed by atoms with Crippen molar-refractivity contribution in [2.24, 2.45) is 11.8 Å². The fraction of sp³-hybridized carbons (Fsp3) is 0.786. The predicted molar refractivity (Wildman–Crippen MR) is 70.7 cm³/mol. The monoisotopic (exact) mass is 252 g/mol. The molecule has 0 aliphatic heterocycles. The van der Waals surface area contributed by atoms with Crippen molar-refractivity contribution in [3.05, 3.63) is 6.92 Å². The maximum absolute atomic E-state index is 12.0. The Morgan fingerprint density at radius 3 is 2.33 bits per heavy atom. The van der Waals surface area contributed by atoms with Gasteiger partial charge in [-0.25, -0.2) is 0 Å². The molecule has 1 rings (SSSR count). The molecule has 0 aromatic heterocycles. The third kappa shape index (κ3) is 5.07. The van der Waals surface area contributed by atoms with Gasteiger partial charge >= 0.3 is 0 Å². The van der Waals surface area contributed by atoms with Crippen LogP contribution in [-0.2, 0) is 9.59 Å². The quantitative estimate of drug-likeness (QED) is 0.779. The van der Waals surface area contributed by atoms with Gasteiger partial charge in [0.05, 0.1) is 6.92 Å². The minimum atomic E-state index is -0.651. The number of hydrogen-bond donors (Lipinski definition) is 2. The molecule has 1 aliphatic rings. The highest BCUT2D eigenvalue weighted by molar-refractivity contribution is 5.89. The first-order chi connectivity index (χ1) is 8.50. The predicted octanol–water partition coefficient (Wildman–Crippen LogP) is 1.53. The summed E-state index contributed by atoms with van der Waals surface area (Å²) < 4.78 is 0. The van der Waals surface area contributed by atoms with Crippen molar-refractivity contribution in [1.82, 2.24) is 10.6 Å². The summed E-state index contributed by atoms with van der Waals surface area (Å²) >= 11 is 0. The van der Waals surface area contributed by atoms with Gasteiger partial charge in [0.1, 0.15) is 6.04 Å². The van der Waals surface area contributed by atoms with Crippen molar-refractivity contribution in [3.8, 4) is 0 Å². The lowest BCUT2D eigenvalue weighted by Crippen LogP contribution is -2.50. The third-order valence-electron chi connectivity index (χ3n) is 3.54. The summed E-state index contributed by atoms with van der Waals surface area (Å²) in [6.45, 7) is 9.57. The first-order valence-electron chi connectivity index (χ1n) is 6.84. The molecule has 2 radical (unpaired) electrons. The molecule has 4 nitrogen and oxygen atoms in total. The van der Waals surface area contributed by atoms with E-state index in [0.717, 1.165) is 0 Å². The molecule has 102 valence electrons. The van der Waals surface area contributed by atoms with E-state index >= 15 is 0 Å². The Morgan fingerprint density at radius 2 is 1.83 bits per heavy atom. The Kier molecular flexibility index (Phi) is 6.16. The summed E-state index contributed by atoms with van der Waals surface area (Å²) in [7, 11) is 0. The van der Waals surface area contributed by atoms with Gasteiger partial charge in [0, 0.05) is 6.54 Å². The van der Waals surface area contributed by atoms with E-state index in [-0.39, 0.29) is 11.8 Å². The van der Waals surface area contributed by atoms with Gasteiger partial charge in [-0.15, -0.1) is 0 Å². The molecule has 0 heterocycles. The number of hydrogen-bond acceptors (Lipinski definition) is 2. The van der Waals surface area contributed by atoms with Crippen LogP contribution in [0, 0.1) is 18.8 Å². The Morgan fingerprint density at radius 1 is 1.22 bits per heavy atom. The van der Waals surface area contributed by atoms with Crippen LogP contribution in [0.2, 0.25) is 0 Å². The summed E-state index contributed by atoms with van der Waals surface area (Å²) in [5.74, 6) is -0.163. The standard InChI is InChI=1S/C14H24N2O2/c1-10(2)13(16-11(3)17)14(18)15-9-12-7-5-4-6-8-12/h3,10,12-13H,4-9H2,1-2H3,(H,15,18)(H,16,17). The molecule has 0 saturated heterocycles. The van der Waals surface area contributed by atoms with E-state index in [1.165, 1.54) is 32.1 Å². The van der Waals surface area contributed by atoms with E-state index in [2.05, 4.69) is 10.6 Å². The van der Waals surface area contributed by atoms with Crippen LogP contribution in [-0.4, -0.2) is 24.4 Å². The van der Waals surface area contributed by atoms with Gasteiger partial charge in [-0.3, -0.25) is 9.59 Å². The van der Waals surface area contributed by atoms with Crippen LogP contribution in [0.15, 0.2) is 0 Å². The Bertz CT molecular complexity index is 284. The molecule has 18 heavy (non-hydrogen) atoms. The average molecular weight is 252 g/mol. The maximum Gasteiger partial charge on any atom is 0.242 e. The van der Waals surface area contributed by atoms with Crippen LogP contribution in [0.4, 0.5) is 0 Å². The van der Waals surface area contributed by atoms with E-state index < -0.39 is 11.9 Å². The number of nitrogens with one attached hydrogen (secondary N) is 2. The normalized spacial score (nSPS) is 18.4. The Labute approximate surface area is 110 Å². The van der Waals surface area contributed by atoms with Crippen molar-refractivity contribution in [2.45, 2.75) is 52.0 Å². The smallest absolute Gasteiger partial charge is 0.242 e. The number of carbonyl (C=O) groups excluding carboxylic acids is 2. The van der Waals surface area contributed by atoms with Gasteiger partial charge < -0.3 is 10.6 Å². The van der Waals surface area contributed by atoms with Crippen molar-refractivity contribution >= 4 is 11.8 Å². The Hall–Kier alpha value is -1.06. The summed E-state index contributed by atoms with van der Waals surface area (Å²) in [5, 5.41) is 5.42. The zero-order valence-corrected chi connectivity index (χ0v) is 11.4. The van der Waals surface area contributed by atoms with Crippen LogP contribution < -0.4 is 10.6 Å². The van der Waals surface area contributed by atoms with Crippen LogP contribution in [0.1, 0.15) is 46.0 Å². The molecular formula is C14H24N2O2. The zero-order valence-electron chi connectivity index (χ0n) is 11.4. The first-order valence-corrected chi connectivity index (χ1v) is 6.84. The molecule has 0 aromatic rings. The summed E-state index contributed by atoms with van der Waals surface area (Å²) in [4.78, 5) is 22.8. The lowest BCUT2D eigenvalue weighted by atomic mass is 9.89. The van der Waals surface area contributed by atoms with E-state index in [1.54, 1.807) is 0 Å². The van der Waals surface area contributed by atoms with Crippen LogP contribution >= 0.6 is 0 Å². The van der Waals surface area contributed by atoms with Gasteiger partial charge in [0.25, 0.3) is 0 Å². The van der Waals surface area contributed by atoms with Crippen LogP contribution in [0.25, 0.3) is 0 Å². The molecule has 2 amide bonds. The number of rotatable bonds is 5. The molecular weight excluding hydrogens is 228 g/mol. The van der Waals surface area contributed by atoms with E-state index in [4.69, 9.17) is 6.92 Å². The van der Waals surface area contributed by atoms with Crippen LogP contribution in [0.5, 0.6) is 0 Å². The third-order valence-corrected chi connectivity index (χ3v) is 3.54.